The van der Waals surface area contributed by atoms with Gasteiger partial charge in [-0.25, -0.2) is 4.79 Å². The average molecular weight is 1160 g/mol. The molecule has 0 spiro atoms. The second-order valence-electron chi connectivity index (χ2n) is 22.3. The first-order valence-corrected chi connectivity index (χ1v) is 28.5. The van der Waals surface area contributed by atoms with Crippen molar-refractivity contribution in [3.05, 3.63) is 67.2 Å². The molecule has 0 radical (unpaired) electrons. The molecule has 0 aromatic heterocycles. The van der Waals surface area contributed by atoms with Crippen LogP contribution in [0.25, 0.3) is 31.3 Å². The number of carbonyl (C=O) groups excluding carboxylic acids is 4. The Balaban J connectivity index is 1.18. The SMILES string of the molecule is CCC1O[C@@H](O[C@H]2C(C(C)=O)O[C@@H](O[C@H]3C(CC)O[C@@H](O[C@H]4C(C(C)=O)O[C@@H](O[C@H]5C(COC(C)=O)O[C@@H](OC)C(N=[N+]=[N-])[C@H]5C)C(OC(=O)c5ccccc5)[C@H]4C)C(N=[N+]=[N-])[C@H]3C)C(OC3CCCCO3)[C@H]2C)C(N=[N+]=[N-])[C@@H](C)[C@H]1C. The Morgan fingerprint density at radius 3 is 1.54 bits per heavy atom. The third-order valence-corrected chi connectivity index (χ3v) is 17.0. The zero-order valence-corrected chi connectivity index (χ0v) is 48.7. The summed E-state index contributed by atoms with van der Waals surface area (Å²) in [6.07, 6.45) is -14.8. The van der Waals surface area contributed by atoms with Crippen molar-refractivity contribution in [3.63, 3.8) is 0 Å². The van der Waals surface area contributed by atoms with Crippen molar-refractivity contribution in [1.82, 2.24) is 0 Å². The third kappa shape index (κ3) is 14.7. The Morgan fingerprint density at radius 1 is 0.549 bits per heavy atom. The minimum absolute atomic E-state index is 0.0451. The summed E-state index contributed by atoms with van der Waals surface area (Å²) in [5, 5.41) is 12.2. The average Bonchev–Trinajstić information content (AvgIpc) is 2.92. The molecular weight excluding hydrogens is 1070 g/mol. The molecular formula is C55H81N9O18. The molecule has 6 heterocycles. The first-order chi connectivity index (χ1) is 39.3. The van der Waals surface area contributed by atoms with Crippen LogP contribution in [0.3, 0.4) is 0 Å². The summed E-state index contributed by atoms with van der Waals surface area (Å²) in [6, 6.07) is 5.36. The van der Waals surface area contributed by atoms with Crippen molar-refractivity contribution in [2.45, 2.75) is 231 Å². The molecule has 6 fully saturated rings. The fourth-order valence-corrected chi connectivity index (χ4v) is 12.1. The minimum Gasteiger partial charge on any atom is -0.463 e. The molecule has 0 aliphatic carbocycles. The van der Waals surface area contributed by atoms with Crippen molar-refractivity contribution >= 4 is 23.5 Å². The van der Waals surface area contributed by atoms with Gasteiger partial charge >= 0.3 is 11.9 Å². The first kappa shape index (κ1) is 64.5. The maximum Gasteiger partial charge on any atom is 0.338 e. The van der Waals surface area contributed by atoms with Crippen LogP contribution >= 0.6 is 0 Å². The van der Waals surface area contributed by atoms with Crippen LogP contribution in [0.5, 0.6) is 0 Å². The molecule has 11 unspecified atom stereocenters. The van der Waals surface area contributed by atoms with E-state index in [9.17, 15) is 35.8 Å². The predicted molar refractivity (Wildman–Crippen MR) is 286 cm³/mol. The molecule has 82 heavy (non-hydrogen) atoms. The maximum absolute atomic E-state index is 14.0. The number of benzene rings is 1. The predicted octanol–water partition coefficient (Wildman–Crippen LogP) is 8.35. The Morgan fingerprint density at radius 2 is 1.04 bits per heavy atom. The van der Waals surface area contributed by atoms with Gasteiger partial charge in [0.25, 0.3) is 0 Å². The van der Waals surface area contributed by atoms with E-state index in [1.807, 2.05) is 34.6 Å². The highest BCUT2D eigenvalue weighted by Crippen LogP contribution is 2.44. The molecule has 1 aromatic carbocycles. The van der Waals surface area contributed by atoms with E-state index in [0.717, 1.165) is 12.8 Å². The normalized spacial score (nSPS) is 41.3. The molecule has 27 nitrogen and oxygen atoms in total. The van der Waals surface area contributed by atoms with E-state index in [2.05, 4.69) is 30.1 Å². The van der Waals surface area contributed by atoms with Gasteiger partial charge in [-0.05, 0) is 98.3 Å². The standard InChI is InChI=1S/C55H81N9O18/c1-13-35-25(3)26(4)39(59-62-56)52(72-35)79-44-29(7)46(75-38-22-18-19-23-70-38)54(81-48(44)31(9)65)77-42-28(6)41(61-64-58)53(73-36(42)14-2)80-45-30(8)47(76-50(68)34-20-16-15-17-21-34)55(82-49(45)32(10)66)78-43-27(5)40(60-63-57)51(69-12)74-37(43)24-71-33(11)67/h15-17,20-21,25-30,35-49,51-55H,13-14,18-19,22-24H2,1-12H3/t25-,26+,27-,28-,29+,30+,35?,36?,37?,38?,39?,40?,41?,42-,43-,44-,45-,46?,47?,48?,49?,51-,52+,53+,54-,55-/m1/s1. The Labute approximate surface area is 477 Å². The van der Waals surface area contributed by atoms with Crippen molar-refractivity contribution < 1.29 is 85.5 Å². The van der Waals surface area contributed by atoms with Crippen LogP contribution in [-0.4, -0.2) is 167 Å². The second kappa shape index (κ2) is 29.7. The molecule has 0 saturated carbocycles. The van der Waals surface area contributed by atoms with Gasteiger partial charge in [0.1, 0.15) is 37.1 Å². The van der Waals surface area contributed by atoms with Gasteiger partial charge in [0.05, 0.1) is 54.2 Å². The largest absolute Gasteiger partial charge is 0.463 e. The maximum atomic E-state index is 14.0. The number of hydrogen-bond acceptors (Lipinski definition) is 21. The van der Waals surface area contributed by atoms with E-state index >= 15 is 0 Å². The van der Waals surface area contributed by atoms with Gasteiger partial charge in [-0.1, -0.05) is 88.9 Å². The summed E-state index contributed by atoms with van der Waals surface area (Å²) in [5.74, 6) is -5.31. The minimum atomic E-state index is -1.52. The smallest absolute Gasteiger partial charge is 0.338 e. The van der Waals surface area contributed by atoms with Crippen LogP contribution in [0.15, 0.2) is 45.7 Å². The molecule has 1 aromatic rings. The molecule has 0 amide bonds. The molecule has 0 bridgehead atoms. The number of ketones is 2. The van der Waals surface area contributed by atoms with E-state index in [-0.39, 0.29) is 35.9 Å². The van der Waals surface area contributed by atoms with Crippen LogP contribution in [0.4, 0.5) is 0 Å². The quantitative estimate of drug-likeness (QED) is 0.0455. The van der Waals surface area contributed by atoms with Gasteiger partial charge in [0, 0.05) is 47.2 Å². The first-order valence-electron chi connectivity index (χ1n) is 28.5. The number of rotatable bonds is 22. The number of ether oxygens (including phenoxy) is 14. The molecule has 6 saturated heterocycles. The summed E-state index contributed by atoms with van der Waals surface area (Å²) in [6.45, 7) is 19.0. The summed E-state index contributed by atoms with van der Waals surface area (Å²) >= 11 is 0. The number of esters is 2. The van der Waals surface area contributed by atoms with E-state index in [1.54, 1.807) is 51.1 Å². The zero-order chi connectivity index (χ0) is 59.5. The molecule has 0 N–H and O–H groups in total. The number of nitrogens with zero attached hydrogens (tertiary/aromatic N) is 9. The fraction of sp³-hybridized carbons (Fsp3) is 0.818. The van der Waals surface area contributed by atoms with Crippen LogP contribution < -0.4 is 0 Å². The van der Waals surface area contributed by atoms with Gasteiger partial charge in [0.15, 0.2) is 55.4 Å². The lowest BCUT2D eigenvalue weighted by molar-refractivity contribution is -0.369. The zero-order valence-electron chi connectivity index (χ0n) is 48.7. The van der Waals surface area contributed by atoms with Crippen molar-refractivity contribution in [2.24, 2.45) is 50.9 Å². The fourth-order valence-electron chi connectivity index (χ4n) is 12.1. The number of methoxy groups -OCH3 is 1. The van der Waals surface area contributed by atoms with E-state index in [4.69, 9.17) is 66.3 Å². The van der Waals surface area contributed by atoms with Crippen molar-refractivity contribution in [1.29, 1.82) is 0 Å². The highest BCUT2D eigenvalue weighted by molar-refractivity contribution is 5.89. The number of hydrogen-bond donors (Lipinski definition) is 0. The Hall–Kier alpha value is -5.05. The van der Waals surface area contributed by atoms with Gasteiger partial charge < -0.3 is 66.3 Å². The molecule has 7 rings (SSSR count). The second-order valence-corrected chi connectivity index (χ2v) is 22.3. The molecule has 454 valence electrons. The topological polar surface area (TPSA) is 344 Å². The Bertz CT molecular complexity index is 2460. The summed E-state index contributed by atoms with van der Waals surface area (Å²) in [4.78, 5) is 63.2. The Kier molecular flexibility index (Phi) is 23.3. The number of carbonyl (C=O) groups is 4. The van der Waals surface area contributed by atoms with Gasteiger partial charge in [-0.3, -0.25) is 14.4 Å². The van der Waals surface area contributed by atoms with Gasteiger partial charge in [-0.15, -0.1) is 0 Å². The third-order valence-electron chi connectivity index (χ3n) is 17.0. The summed E-state index contributed by atoms with van der Waals surface area (Å²) in [7, 11) is 1.37. The highest BCUT2D eigenvalue weighted by Gasteiger charge is 2.57. The van der Waals surface area contributed by atoms with Crippen LogP contribution in [0.2, 0.25) is 0 Å². The van der Waals surface area contributed by atoms with E-state index < -0.39 is 158 Å². The van der Waals surface area contributed by atoms with Crippen molar-refractivity contribution in [2.75, 3.05) is 20.3 Å². The lowest BCUT2D eigenvalue weighted by Gasteiger charge is -2.52. The van der Waals surface area contributed by atoms with Crippen LogP contribution in [0, 0.1) is 35.5 Å². The van der Waals surface area contributed by atoms with Crippen molar-refractivity contribution in [3.8, 4) is 0 Å². The molecule has 26 atom stereocenters. The number of azide groups is 3. The molecule has 6 aliphatic heterocycles. The van der Waals surface area contributed by atoms with E-state index in [0.29, 0.717) is 25.9 Å². The van der Waals surface area contributed by atoms with E-state index in [1.165, 1.54) is 27.9 Å². The summed E-state index contributed by atoms with van der Waals surface area (Å²) in [5.41, 5.74) is 29.6. The highest BCUT2D eigenvalue weighted by atomic mass is 16.8. The van der Waals surface area contributed by atoms with Gasteiger partial charge in [-0.2, -0.15) is 0 Å². The van der Waals surface area contributed by atoms with Gasteiger partial charge in [0.2, 0.25) is 0 Å². The lowest BCUT2D eigenvalue weighted by Crippen LogP contribution is -2.64. The molecule has 27 heteroatoms. The van der Waals surface area contributed by atoms with Crippen LogP contribution in [0.1, 0.15) is 119 Å². The van der Waals surface area contributed by atoms with Crippen LogP contribution in [-0.2, 0) is 80.7 Å². The monoisotopic (exact) mass is 1160 g/mol. The number of Topliss-reactive ketones (excluding diaryl/α,β-unsaturated/α-hetero) is 2. The molecule has 6 aliphatic rings. The summed E-state index contributed by atoms with van der Waals surface area (Å²) < 4.78 is 89.8. The lowest BCUT2D eigenvalue weighted by atomic mass is 9.81.